The van der Waals surface area contributed by atoms with Gasteiger partial charge in [0.05, 0.1) is 6.20 Å². The van der Waals surface area contributed by atoms with Gasteiger partial charge in [0.15, 0.2) is 0 Å². The van der Waals surface area contributed by atoms with Gasteiger partial charge in [0.1, 0.15) is 11.5 Å². The zero-order valence-electron chi connectivity index (χ0n) is 7.92. The number of carbonyl (C=O) groups excluding carboxylic acids is 1. The summed E-state index contributed by atoms with van der Waals surface area (Å²) in [6.07, 6.45) is 6.37. The second kappa shape index (κ2) is 3.79. The summed E-state index contributed by atoms with van der Waals surface area (Å²) in [6.45, 7) is 0. The van der Waals surface area contributed by atoms with Crippen LogP contribution >= 0.6 is 0 Å². The van der Waals surface area contributed by atoms with Gasteiger partial charge in [-0.3, -0.25) is 10.2 Å². The summed E-state index contributed by atoms with van der Waals surface area (Å²) < 4.78 is 0. The van der Waals surface area contributed by atoms with Crippen molar-refractivity contribution >= 4 is 5.91 Å². The van der Waals surface area contributed by atoms with Crippen molar-refractivity contribution in [3.63, 3.8) is 0 Å². The number of hydrogen-bond acceptors (Lipinski definition) is 3. The molecule has 5 nitrogen and oxygen atoms in total. The minimum absolute atomic E-state index is 0.318. The number of aromatic amines is 1. The first-order valence-electron chi connectivity index (χ1n) is 4.87. The fraction of sp³-hybridized carbons (Fsp3) is 0.556. The predicted molar refractivity (Wildman–Crippen MR) is 51.5 cm³/mol. The van der Waals surface area contributed by atoms with E-state index in [9.17, 15) is 4.79 Å². The maximum atomic E-state index is 11.1. The summed E-state index contributed by atoms with van der Waals surface area (Å²) in [4.78, 5) is 18.3. The highest BCUT2D eigenvalue weighted by Gasteiger charge is 2.20. The molecule has 4 N–H and O–H groups in total. The Morgan fingerprint density at radius 1 is 1.57 bits per heavy atom. The fourth-order valence-electron chi connectivity index (χ4n) is 1.94. The molecule has 1 heterocycles. The zero-order valence-corrected chi connectivity index (χ0v) is 7.92. The standard InChI is InChI=1S/C9H14N4O/c10-13-9(14)7-5-11-8(12-7)6-3-1-2-4-6/h5-6H,1-4,10H2,(H,11,12)(H,13,14). The average molecular weight is 194 g/mol. The van der Waals surface area contributed by atoms with Gasteiger partial charge in [-0.25, -0.2) is 10.8 Å². The van der Waals surface area contributed by atoms with E-state index in [1.165, 1.54) is 19.0 Å². The SMILES string of the molecule is NNC(=O)c1cnc(C2CCCC2)[nH]1. The molecule has 76 valence electrons. The number of nitrogens with zero attached hydrogens (tertiary/aromatic N) is 1. The van der Waals surface area contributed by atoms with Crippen LogP contribution in [0.5, 0.6) is 0 Å². The van der Waals surface area contributed by atoms with E-state index in [1.54, 1.807) is 0 Å². The minimum atomic E-state index is -0.318. The number of nitrogens with one attached hydrogen (secondary N) is 2. The Bertz CT molecular complexity index is 327. The molecule has 0 aliphatic heterocycles. The van der Waals surface area contributed by atoms with Gasteiger partial charge in [0.2, 0.25) is 0 Å². The topological polar surface area (TPSA) is 83.8 Å². The van der Waals surface area contributed by atoms with Crippen LogP contribution in [0.3, 0.4) is 0 Å². The Morgan fingerprint density at radius 3 is 2.93 bits per heavy atom. The predicted octanol–water partition coefficient (Wildman–Crippen LogP) is 0.671. The molecule has 0 radical (unpaired) electrons. The lowest BCUT2D eigenvalue weighted by molar-refractivity contribution is 0.0949. The van der Waals surface area contributed by atoms with E-state index in [0.29, 0.717) is 11.6 Å². The van der Waals surface area contributed by atoms with E-state index in [2.05, 4.69) is 15.4 Å². The number of rotatable bonds is 2. The monoisotopic (exact) mass is 194 g/mol. The number of carbonyl (C=O) groups is 1. The molecule has 0 bridgehead atoms. The molecule has 0 saturated heterocycles. The molecule has 14 heavy (non-hydrogen) atoms. The van der Waals surface area contributed by atoms with E-state index in [-0.39, 0.29) is 5.91 Å². The van der Waals surface area contributed by atoms with Gasteiger partial charge in [-0.05, 0) is 12.8 Å². The summed E-state index contributed by atoms with van der Waals surface area (Å²) in [5.74, 6) is 6.11. The van der Waals surface area contributed by atoms with Gasteiger partial charge in [-0.1, -0.05) is 12.8 Å². The third-order valence-electron chi connectivity index (χ3n) is 2.71. The summed E-state index contributed by atoms with van der Waals surface area (Å²) >= 11 is 0. The lowest BCUT2D eigenvalue weighted by Crippen LogP contribution is -2.30. The molecule has 1 fully saturated rings. The molecule has 1 saturated carbocycles. The molecule has 0 unspecified atom stereocenters. The molecule has 1 aromatic rings. The van der Waals surface area contributed by atoms with Gasteiger partial charge in [-0.2, -0.15) is 0 Å². The molecule has 0 aromatic carbocycles. The summed E-state index contributed by atoms with van der Waals surface area (Å²) in [7, 11) is 0. The second-order valence-electron chi connectivity index (χ2n) is 3.64. The summed E-state index contributed by atoms with van der Waals surface area (Å²) in [6, 6.07) is 0. The molecule has 1 aromatic heterocycles. The van der Waals surface area contributed by atoms with Crippen molar-refractivity contribution in [2.24, 2.45) is 5.84 Å². The minimum Gasteiger partial charge on any atom is -0.338 e. The number of H-pyrrole nitrogens is 1. The van der Waals surface area contributed by atoms with Gasteiger partial charge in [-0.15, -0.1) is 0 Å². The quantitative estimate of drug-likeness (QED) is 0.367. The third kappa shape index (κ3) is 1.63. The number of nitrogens with two attached hydrogens (primary N) is 1. The number of hydrogen-bond donors (Lipinski definition) is 3. The van der Waals surface area contributed by atoms with Crippen LogP contribution < -0.4 is 11.3 Å². The highest BCUT2D eigenvalue weighted by molar-refractivity contribution is 5.91. The molecule has 1 aliphatic carbocycles. The number of hydrazine groups is 1. The van der Waals surface area contributed by atoms with Crippen LogP contribution in [-0.2, 0) is 0 Å². The number of nitrogen functional groups attached to an aromatic ring is 1. The van der Waals surface area contributed by atoms with Crippen LogP contribution in [0, 0.1) is 0 Å². The fourth-order valence-corrected chi connectivity index (χ4v) is 1.94. The van der Waals surface area contributed by atoms with E-state index in [0.717, 1.165) is 18.7 Å². The average Bonchev–Trinajstić information content (AvgIpc) is 2.86. The maximum Gasteiger partial charge on any atom is 0.283 e. The van der Waals surface area contributed by atoms with E-state index < -0.39 is 0 Å². The van der Waals surface area contributed by atoms with Gasteiger partial charge in [0, 0.05) is 5.92 Å². The molecule has 0 spiro atoms. The van der Waals surface area contributed by atoms with E-state index in [1.807, 2.05) is 0 Å². The maximum absolute atomic E-state index is 11.1. The normalized spacial score (nSPS) is 17.2. The molecule has 5 heteroatoms. The van der Waals surface area contributed by atoms with Crippen molar-refractivity contribution in [1.82, 2.24) is 15.4 Å². The molecule has 2 rings (SSSR count). The van der Waals surface area contributed by atoms with Crippen molar-refractivity contribution in [3.05, 3.63) is 17.7 Å². The van der Waals surface area contributed by atoms with Crippen molar-refractivity contribution in [2.75, 3.05) is 0 Å². The Kier molecular flexibility index (Phi) is 2.49. The number of imidazole rings is 1. The molecular formula is C9H14N4O. The Morgan fingerprint density at radius 2 is 2.29 bits per heavy atom. The highest BCUT2D eigenvalue weighted by Crippen LogP contribution is 2.32. The van der Waals surface area contributed by atoms with Gasteiger partial charge >= 0.3 is 0 Å². The Hall–Kier alpha value is -1.36. The molecular weight excluding hydrogens is 180 g/mol. The van der Waals surface area contributed by atoms with Crippen molar-refractivity contribution < 1.29 is 4.79 Å². The lowest BCUT2D eigenvalue weighted by Gasteiger charge is -2.03. The largest absolute Gasteiger partial charge is 0.338 e. The zero-order chi connectivity index (χ0) is 9.97. The van der Waals surface area contributed by atoms with Crippen molar-refractivity contribution in [1.29, 1.82) is 0 Å². The first-order valence-corrected chi connectivity index (χ1v) is 4.87. The lowest BCUT2D eigenvalue weighted by atomic mass is 10.1. The van der Waals surface area contributed by atoms with Crippen LogP contribution in [0.15, 0.2) is 6.20 Å². The van der Waals surface area contributed by atoms with Gasteiger partial charge < -0.3 is 4.98 Å². The van der Waals surface area contributed by atoms with Crippen LogP contribution in [-0.4, -0.2) is 15.9 Å². The van der Waals surface area contributed by atoms with E-state index in [4.69, 9.17) is 5.84 Å². The number of aromatic nitrogens is 2. The van der Waals surface area contributed by atoms with Crippen LogP contribution in [0.25, 0.3) is 0 Å². The van der Waals surface area contributed by atoms with Crippen LogP contribution in [0.4, 0.5) is 0 Å². The third-order valence-corrected chi connectivity index (χ3v) is 2.71. The Balaban J connectivity index is 2.12. The number of amides is 1. The first-order chi connectivity index (χ1) is 6.81. The summed E-state index contributed by atoms with van der Waals surface area (Å²) in [5, 5.41) is 0. The Labute approximate surface area is 82.1 Å². The van der Waals surface area contributed by atoms with Gasteiger partial charge in [0.25, 0.3) is 5.91 Å². The van der Waals surface area contributed by atoms with Crippen molar-refractivity contribution in [2.45, 2.75) is 31.6 Å². The van der Waals surface area contributed by atoms with Crippen molar-refractivity contribution in [3.8, 4) is 0 Å². The molecule has 1 amide bonds. The first kappa shape index (κ1) is 9.21. The molecule has 0 atom stereocenters. The second-order valence-corrected chi connectivity index (χ2v) is 3.64. The molecule has 1 aliphatic rings. The highest BCUT2D eigenvalue weighted by atomic mass is 16.2. The van der Waals surface area contributed by atoms with Crippen LogP contribution in [0.2, 0.25) is 0 Å². The van der Waals surface area contributed by atoms with E-state index >= 15 is 0 Å². The van der Waals surface area contributed by atoms with Crippen LogP contribution in [0.1, 0.15) is 47.9 Å². The summed E-state index contributed by atoms with van der Waals surface area (Å²) in [5.41, 5.74) is 2.51. The smallest absolute Gasteiger partial charge is 0.283 e.